The van der Waals surface area contributed by atoms with E-state index in [1.165, 1.54) is 31.4 Å². The molecule has 1 aliphatic carbocycles. The summed E-state index contributed by atoms with van der Waals surface area (Å²) in [4.78, 5) is 11.7. The molecule has 0 unspecified atom stereocenters. The minimum Gasteiger partial charge on any atom is -0.444 e. The zero-order valence-corrected chi connectivity index (χ0v) is 12.2. The molecule has 1 amide bonds. The molecular weight excluding hydrogens is 242 g/mol. The molecule has 1 N–H and O–H groups in total. The third kappa shape index (κ3) is 3.72. The first-order chi connectivity index (χ1) is 8.85. The summed E-state index contributed by atoms with van der Waals surface area (Å²) < 4.78 is 7.08. The van der Waals surface area contributed by atoms with Gasteiger partial charge in [-0.25, -0.2) is 4.79 Å². The lowest BCUT2D eigenvalue weighted by Gasteiger charge is -2.18. The summed E-state index contributed by atoms with van der Waals surface area (Å²) in [5.74, 6) is 1.14. The van der Waals surface area contributed by atoms with E-state index in [0.717, 1.165) is 0 Å². The fraction of sp³-hybridized carbons (Fsp3) is 0.714. The van der Waals surface area contributed by atoms with Crippen LogP contribution in [0.4, 0.5) is 10.6 Å². The first-order valence-corrected chi connectivity index (χ1v) is 6.89. The molecule has 1 aliphatic rings. The molecule has 0 spiro atoms. The highest BCUT2D eigenvalue weighted by atomic mass is 16.6. The summed E-state index contributed by atoms with van der Waals surface area (Å²) >= 11 is 0. The highest BCUT2D eigenvalue weighted by molar-refractivity contribution is 5.83. The maximum atomic E-state index is 11.7. The summed E-state index contributed by atoms with van der Waals surface area (Å²) in [6.07, 6.45) is 4.54. The van der Waals surface area contributed by atoms with E-state index in [0.29, 0.717) is 11.7 Å². The van der Waals surface area contributed by atoms with Crippen LogP contribution in [0.1, 0.15) is 58.1 Å². The molecule has 2 rings (SSSR count). The van der Waals surface area contributed by atoms with Crippen molar-refractivity contribution in [2.75, 3.05) is 5.32 Å². The van der Waals surface area contributed by atoms with E-state index in [1.807, 2.05) is 38.6 Å². The number of carbonyl (C=O) groups is 1. The number of hydrogen-bond acceptors (Lipinski definition) is 3. The van der Waals surface area contributed by atoms with Crippen LogP contribution >= 0.6 is 0 Å². The van der Waals surface area contributed by atoms with Gasteiger partial charge < -0.3 is 4.74 Å². The van der Waals surface area contributed by atoms with Gasteiger partial charge in [-0.15, -0.1) is 0 Å². The average molecular weight is 265 g/mol. The highest BCUT2D eigenvalue weighted by Gasteiger charge is 2.22. The van der Waals surface area contributed by atoms with Crippen LogP contribution in [0.3, 0.4) is 0 Å². The number of ether oxygens (including phenoxy) is 1. The van der Waals surface area contributed by atoms with Crippen LogP contribution in [0, 0.1) is 0 Å². The van der Waals surface area contributed by atoms with E-state index in [4.69, 9.17) is 4.74 Å². The zero-order chi connectivity index (χ0) is 14.0. The zero-order valence-electron chi connectivity index (χ0n) is 12.2. The van der Waals surface area contributed by atoms with Gasteiger partial charge in [-0.3, -0.25) is 10.00 Å². The quantitative estimate of drug-likeness (QED) is 0.891. The van der Waals surface area contributed by atoms with Gasteiger partial charge >= 0.3 is 6.09 Å². The normalized spacial score (nSPS) is 16.6. The van der Waals surface area contributed by atoms with Gasteiger partial charge in [0.25, 0.3) is 0 Å². The van der Waals surface area contributed by atoms with E-state index in [1.54, 1.807) is 0 Å². The molecule has 5 nitrogen and oxygen atoms in total. The first kappa shape index (κ1) is 13.9. The van der Waals surface area contributed by atoms with Crippen LogP contribution in [0.25, 0.3) is 0 Å². The van der Waals surface area contributed by atoms with Crippen molar-refractivity contribution in [3.63, 3.8) is 0 Å². The van der Waals surface area contributed by atoms with Crippen LogP contribution in [0.15, 0.2) is 6.07 Å². The Labute approximate surface area is 114 Å². The molecule has 0 aliphatic heterocycles. The molecule has 1 aromatic heterocycles. The first-order valence-electron chi connectivity index (χ1n) is 6.89. The van der Waals surface area contributed by atoms with Gasteiger partial charge in [0.15, 0.2) is 5.82 Å². The molecule has 0 atom stereocenters. The molecule has 106 valence electrons. The third-order valence-corrected chi connectivity index (χ3v) is 3.32. The molecular formula is C14H23N3O2. The number of nitrogens with one attached hydrogen (secondary N) is 1. The number of nitrogens with zero attached hydrogens (tertiary/aromatic N) is 2. The Morgan fingerprint density at radius 1 is 1.42 bits per heavy atom. The van der Waals surface area contributed by atoms with Crippen LogP contribution in [-0.4, -0.2) is 21.5 Å². The van der Waals surface area contributed by atoms with Crippen LogP contribution in [0.5, 0.6) is 0 Å². The Kier molecular flexibility index (Phi) is 3.83. The number of aryl methyl sites for hydroxylation is 1. The van der Waals surface area contributed by atoms with Gasteiger partial charge in [0.2, 0.25) is 0 Å². The Morgan fingerprint density at radius 3 is 2.63 bits per heavy atom. The lowest BCUT2D eigenvalue weighted by atomic mass is 10.0. The van der Waals surface area contributed by atoms with Crippen molar-refractivity contribution in [1.29, 1.82) is 0 Å². The van der Waals surface area contributed by atoms with E-state index < -0.39 is 11.7 Å². The SMILES string of the molecule is Cn1nc(NC(=O)OC(C)(C)C)cc1C1CCCC1. The van der Waals surface area contributed by atoms with Crippen LogP contribution < -0.4 is 5.32 Å². The van der Waals surface area contributed by atoms with Gasteiger partial charge in [0, 0.05) is 24.7 Å². The molecule has 1 saturated carbocycles. The standard InChI is InChI=1S/C14H23N3O2/c1-14(2,3)19-13(18)15-12-9-11(17(4)16-12)10-7-5-6-8-10/h9-10H,5-8H2,1-4H3,(H,15,16,18). The van der Waals surface area contributed by atoms with Crippen molar-refractivity contribution >= 4 is 11.9 Å². The minimum absolute atomic E-state index is 0.455. The summed E-state index contributed by atoms with van der Waals surface area (Å²) in [5.41, 5.74) is 0.705. The van der Waals surface area contributed by atoms with Crippen molar-refractivity contribution in [1.82, 2.24) is 9.78 Å². The second-order valence-corrected chi connectivity index (χ2v) is 6.19. The van der Waals surface area contributed by atoms with Crippen molar-refractivity contribution in [2.24, 2.45) is 7.05 Å². The number of amides is 1. The second-order valence-electron chi connectivity index (χ2n) is 6.19. The average Bonchev–Trinajstić information content (AvgIpc) is 2.84. The van der Waals surface area contributed by atoms with Crippen molar-refractivity contribution < 1.29 is 9.53 Å². The lowest BCUT2D eigenvalue weighted by molar-refractivity contribution is 0.0635. The minimum atomic E-state index is -0.493. The Hall–Kier alpha value is -1.52. The maximum Gasteiger partial charge on any atom is 0.413 e. The number of carbonyl (C=O) groups excluding carboxylic acids is 1. The molecule has 0 saturated heterocycles. The molecule has 19 heavy (non-hydrogen) atoms. The summed E-state index contributed by atoms with van der Waals surface area (Å²) in [6, 6.07) is 1.96. The van der Waals surface area contributed by atoms with Gasteiger partial charge in [-0.05, 0) is 33.6 Å². The predicted octanol–water partition coefficient (Wildman–Crippen LogP) is 3.42. The molecule has 1 fully saturated rings. The number of rotatable bonds is 2. The lowest BCUT2D eigenvalue weighted by Crippen LogP contribution is -2.27. The smallest absolute Gasteiger partial charge is 0.413 e. The van der Waals surface area contributed by atoms with E-state index in [-0.39, 0.29) is 0 Å². The van der Waals surface area contributed by atoms with Gasteiger partial charge in [0.05, 0.1) is 0 Å². The number of hydrogen-bond donors (Lipinski definition) is 1. The third-order valence-electron chi connectivity index (χ3n) is 3.32. The molecule has 0 aromatic carbocycles. The molecule has 1 heterocycles. The van der Waals surface area contributed by atoms with Crippen LogP contribution in [0.2, 0.25) is 0 Å². The molecule has 0 bridgehead atoms. The van der Waals surface area contributed by atoms with E-state index >= 15 is 0 Å². The fourth-order valence-corrected chi connectivity index (χ4v) is 2.55. The van der Waals surface area contributed by atoms with Crippen molar-refractivity contribution in [3.05, 3.63) is 11.8 Å². The molecule has 0 radical (unpaired) electrons. The fourth-order valence-electron chi connectivity index (χ4n) is 2.55. The van der Waals surface area contributed by atoms with Gasteiger partial charge in [0.1, 0.15) is 5.60 Å². The van der Waals surface area contributed by atoms with Crippen LogP contribution in [-0.2, 0) is 11.8 Å². The largest absolute Gasteiger partial charge is 0.444 e. The number of anilines is 1. The van der Waals surface area contributed by atoms with Crippen molar-refractivity contribution in [2.45, 2.75) is 58.0 Å². The van der Waals surface area contributed by atoms with Gasteiger partial charge in [-0.1, -0.05) is 12.8 Å². The summed E-state index contributed by atoms with van der Waals surface area (Å²) in [5, 5.41) is 7.02. The number of aromatic nitrogens is 2. The Morgan fingerprint density at radius 2 is 2.05 bits per heavy atom. The maximum absolute atomic E-state index is 11.7. The summed E-state index contributed by atoms with van der Waals surface area (Å²) in [7, 11) is 1.92. The summed E-state index contributed by atoms with van der Waals surface area (Å²) in [6.45, 7) is 5.53. The monoisotopic (exact) mass is 265 g/mol. The second kappa shape index (κ2) is 5.23. The molecule has 1 aromatic rings. The predicted molar refractivity (Wildman–Crippen MR) is 74.3 cm³/mol. The molecule has 5 heteroatoms. The van der Waals surface area contributed by atoms with Crippen molar-refractivity contribution in [3.8, 4) is 0 Å². The van der Waals surface area contributed by atoms with E-state index in [2.05, 4.69) is 10.4 Å². The highest BCUT2D eigenvalue weighted by Crippen LogP contribution is 2.34. The van der Waals surface area contributed by atoms with E-state index in [9.17, 15) is 4.79 Å². The van der Waals surface area contributed by atoms with Gasteiger partial charge in [-0.2, -0.15) is 5.10 Å². The Bertz CT molecular complexity index is 454. The topological polar surface area (TPSA) is 56.2 Å². The Balaban J connectivity index is 2.01.